The second-order valence-electron chi connectivity index (χ2n) is 8.61. The predicted octanol–water partition coefficient (Wildman–Crippen LogP) is 5.71. The van der Waals surface area contributed by atoms with E-state index in [1.54, 1.807) is 0 Å². The van der Waals surface area contributed by atoms with Crippen LogP contribution in [0.25, 0.3) is 0 Å². The smallest absolute Gasteiger partial charge is 0.550 e. The summed E-state index contributed by atoms with van der Waals surface area (Å²) in [5, 5.41) is 20.2. The topological polar surface area (TPSA) is 80.3 Å². The molecule has 0 aromatic carbocycles. The predicted molar refractivity (Wildman–Crippen MR) is 129 cm³/mol. The van der Waals surface area contributed by atoms with E-state index in [0.717, 1.165) is 25.7 Å². The van der Waals surface area contributed by atoms with Gasteiger partial charge in [0.1, 0.15) is 0 Å². The number of carboxylic acids is 2. The van der Waals surface area contributed by atoms with E-state index >= 15 is 0 Å². The summed E-state index contributed by atoms with van der Waals surface area (Å²) in [4.78, 5) is 20.2. The van der Waals surface area contributed by atoms with Crippen molar-refractivity contribution >= 4 is 60.8 Å². The third kappa shape index (κ3) is 41.3. The molecule has 0 aromatic rings. The summed E-state index contributed by atoms with van der Waals surface area (Å²) in [7, 11) is 0. The molecule has 0 aromatic heterocycles. The summed E-state index contributed by atoms with van der Waals surface area (Å²) in [6, 6.07) is 0. The molecule has 4 nitrogen and oxygen atoms in total. The molecule has 5 heteroatoms. The molecule has 0 fully saturated rings. The first-order valence-electron chi connectivity index (χ1n) is 12.9. The summed E-state index contributed by atoms with van der Waals surface area (Å²) < 4.78 is 0. The number of rotatable bonds is 22. The Kier molecular flexibility index (Phi) is 38.1. The minimum atomic E-state index is -0.908. The van der Waals surface area contributed by atoms with Crippen molar-refractivity contribution in [3.63, 3.8) is 0 Å². The molecule has 0 saturated carbocycles. The maximum atomic E-state index is 10.1. The first-order chi connectivity index (χ1) is 14.5. The number of carbonyl (C=O) groups excluding carboxylic acids is 2. The maximum absolute atomic E-state index is 10.1. The fraction of sp³-hybridized carbons (Fsp3) is 0.923. The Morgan fingerprint density at radius 3 is 0.806 bits per heavy atom. The van der Waals surface area contributed by atoms with Crippen molar-refractivity contribution in [2.75, 3.05) is 0 Å². The number of carbonyl (C=O) groups is 2. The van der Waals surface area contributed by atoms with Crippen LogP contribution in [0.2, 0.25) is 0 Å². The summed E-state index contributed by atoms with van der Waals surface area (Å²) in [6.07, 6.45) is 25.2. The SMILES string of the molecule is CCCCCCCCCCCCC(=O)[O-].CCCCCCCCCCCCC(=O)[O-].[Ba+2]. The van der Waals surface area contributed by atoms with Crippen LogP contribution in [-0.4, -0.2) is 60.8 Å². The van der Waals surface area contributed by atoms with Gasteiger partial charge in [-0.1, -0.05) is 129 Å². The molecular weight excluding hydrogens is 514 g/mol. The molecule has 0 aliphatic rings. The molecule has 0 atom stereocenters. The van der Waals surface area contributed by atoms with Gasteiger partial charge < -0.3 is 19.8 Å². The number of hydrogen-bond donors (Lipinski definition) is 0. The molecule has 0 aliphatic carbocycles. The Morgan fingerprint density at radius 2 is 0.613 bits per heavy atom. The Labute approximate surface area is 233 Å². The minimum Gasteiger partial charge on any atom is -0.550 e. The molecule has 0 N–H and O–H groups in total. The van der Waals surface area contributed by atoms with Crippen LogP contribution in [0.5, 0.6) is 0 Å². The van der Waals surface area contributed by atoms with Crippen LogP contribution in [0.3, 0.4) is 0 Å². The van der Waals surface area contributed by atoms with Crippen LogP contribution in [0.4, 0.5) is 0 Å². The minimum absolute atomic E-state index is 0. The van der Waals surface area contributed by atoms with Gasteiger partial charge in [0.2, 0.25) is 0 Å². The van der Waals surface area contributed by atoms with Crippen LogP contribution in [0, 0.1) is 0 Å². The van der Waals surface area contributed by atoms with Gasteiger partial charge in [0.15, 0.2) is 0 Å². The normalized spacial score (nSPS) is 10.1. The number of unbranched alkanes of at least 4 members (excludes halogenated alkanes) is 18. The first kappa shape index (κ1) is 36.1. The van der Waals surface area contributed by atoms with Crippen LogP contribution >= 0.6 is 0 Å². The third-order valence-corrected chi connectivity index (χ3v) is 5.47. The van der Waals surface area contributed by atoms with Gasteiger partial charge in [-0.05, 0) is 25.7 Å². The van der Waals surface area contributed by atoms with E-state index in [1.165, 1.54) is 103 Å². The Balaban J connectivity index is -0.000000490. The van der Waals surface area contributed by atoms with Crippen molar-refractivity contribution in [3.8, 4) is 0 Å². The molecule has 0 saturated heterocycles. The molecule has 0 unspecified atom stereocenters. The monoisotopic (exact) mass is 564 g/mol. The van der Waals surface area contributed by atoms with E-state index in [-0.39, 0.29) is 61.7 Å². The Bertz CT molecular complexity index is 327. The zero-order valence-corrected chi connectivity index (χ0v) is 25.3. The number of aliphatic carboxylic acids is 2. The summed E-state index contributed by atoms with van der Waals surface area (Å²) in [6.45, 7) is 4.47. The second kappa shape index (κ2) is 32.7. The van der Waals surface area contributed by atoms with Crippen LogP contribution in [-0.2, 0) is 9.59 Å². The van der Waals surface area contributed by atoms with Crippen molar-refractivity contribution in [2.45, 2.75) is 155 Å². The molecule has 180 valence electrons. The van der Waals surface area contributed by atoms with Crippen LogP contribution in [0.1, 0.15) is 155 Å². The molecule has 0 radical (unpaired) electrons. The van der Waals surface area contributed by atoms with E-state index in [9.17, 15) is 19.8 Å². The summed E-state index contributed by atoms with van der Waals surface area (Å²) >= 11 is 0. The largest absolute Gasteiger partial charge is 2.00 e. The van der Waals surface area contributed by atoms with E-state index in [2.05, 4.69) is 13.8 Å². The van der Waals surface area contributed by atoms with Crippen molar-refractivity contribution in [2.24, 2.45) is 0 Å². The average molecular weight is 564 g/mol. The number of carboxylic acid groups (broad SMARTS) is 2. The van der Waals surface area contributed by atoms with E-state index < -0.39 is 11.9 Å². The van der Waals surface area contributed by atoms with Gasteiger partial charge >= 0.3 is 48.9 Å². The van der Waals surface area contributed by atoms with Gasteiger partial charge in [-0.15, -0.1) is 0 Å². The first-order valence-corrected chi connectivity index (χ1v) is 12.9. The maximum Gasteiger partial charge on any atom is 2.00 e. The fourth-order valence-corrected chi connectivity index (χ4v) is 3.51. The Morgan fingerprint density at radius 1 is 0.419 bits per heavy atom. The molecule has 31 heavy (non-hydrogen) atoms. The Hall–Kier alpha value is 0.511. The number of hydrogen-bond acceptors (Lipinski definition) is 4. The van der Waals surface area contributed by atoms with Crippen LogP contribution < -0.4 is 10.2 Å². The molecular formula is C26H50BaO4. The fourth-order valence-electron chi connectivity index (χ4n) is 3.51. The third-order valence-electron chi connectivity index (χ3n) is 5.47. The molecule has 0 bridgehead atoms. The molecule has 0 rings (SSSR count). The van der Waals surface area contributed by atoms with E-state index in [0.29, 0.717) is 0 Å². The molecule has 0 amide bonds. The van der Waals surface area contributed by atoms with Gasteiger partial charge in [-0.3, -0.25) is 0 Å². The zero-order chi connectivity index (χ0) is 22.7. The van der Waals surface area contributed by atoms with E-state index in [4.69, 9.17) is 0 Å². The van der Waals surface area contributed by atoms with Crippen molar-refractivity contribution in [1.82, 2.24) is 0 Å². The van der Waals surface area contributed by atoms with Gasteiger partial charge in [-0.2, -0.15) is 0 Å². The molecule has 0 spiro atoms. The van der Waals surface area contributed by atoms with E-state index in [1.807, 2.05) is 0 Å². The average Bonchev–Trinajstić information content (AvgIpc) is 2.71. The quantitative estimate of drug-likeness (QED) is 0.125. The van der Waals surface area contributed by atoms with Crippen LogP contribution in [0.15, 0.2) is 0 Å². The van der Waals surface area contributed by atoms with Gasteiger partial charge in [0.25, 0.3) is 0 Å². The van der Waals surface area contributed by atoms with Crippen molar-refractivity contribution in [3.05, 3.63) is 0 Å². The summed E-state index contributed by atoms with van der Waals surface area (Å²) in [5.41, 5.74) is 0. The van der Waals surface area contributed by atoms with Crippen molar-refractivity contribution < 1.29 is 19.8 Å². The second-order valence-corrected chi connectivity index (χ2v) is 8.61. The molecule has 0 aliphatic heterocycles. The standard InChI is InChI=1S/2C13H26O2.Ba/c2*1-2-3-4-5-6-7-8-9-10-11-12-13(14)15;/h2*2-12H2,1H3,(H,14,15);/q;;+2/p-2. The zero-order valence-electron chi connectivity index (χ0n) is 20.9. The summed E-state index contributed by atoms with van der Waals surface area (Å²) in [5.74, 6) is -1.82. The van der Waals surface area contributed by atoms with Gasteiger partial charge in [0, 0.05) is 11.9 Å². The van der Waals surface area contributed by atoms with Crippen molar-refractivity contribution in [1.29, 1.82) is 0 Å². The van der Waals surface area contributed by atoms with Gasteiger partial charge in [-0.25, -0.2) is 0 Å². The van der Waals surface area contributed by atoms with Gasteiger partial charge in [0.05, 0.1) is 0 Å². The molecule has 0 heterocycles.